The highest BCUT2D eigenvalue weighted by Crippen LogP contribution is 2.14. The number of hydrogen-bond donors (Lipinski definition) is 1. The minimum absolute atomic E-state index is 0.0171. The lowest BCUT2D eigenvalue weighted by atomic mass is 10.2. The summed E-state index contributed by atoms with van der Waals surface area (Å²) < 4.78 is 3.52. The Kier molecular flexibility index (Phi) is 2.79. The van der Waals surface area contributed by atoms with Crippen LogP contribution in [0.25, 0.3) is 4.96 Å². The third-order valence-corrected chi connectivity index (χ3v) is 3.60. The van der Waals surface area contributed by atoms with Crippen LogP contribution in [0.5, 0.6) is 0 Å². The quantitative estimate of drug-likeness (QED) is 0.776. The van der Waals surface area contributed by atoms with Crippen LogP contribution in [0.4, 0.5) is 0 Å². The zero-order valence-corrected chi connectivity index (χ0v) is 11.0. The van der Waals surface area contributed by atoms with Gasteiger partial charge in [0, 0.05) is 17.8 Å². The van der Waals surface area contributed by atoms with E-state index in [0.29, 0.717) is 18.7 Å². The molecule has 0 spiro atoms. The first-order valence-corrected chi connectivity index (χ1v) is 6.63. The van der Waals surface area contributed by atoms with Crippen molar-refractivity contribution in [3.8, 4) is 0 Å². The number of imidazole rings is 1. The fourth-order valence-electron chi connectivity index (χ4n) is 1.98. The summed E-state index contributed by atoms with van der Waals surface area (Å²) >= 11 is 1.55. The highest BCUT2D eigenvalue weighted by molar-refractivity contribution is 7.15. The molecule has 3 aromatic rings. The number of fused-ring (bicyclic) bond motifs is 1. The van der Waals surface area contributed by atoms with E-state index < -0.39 is 5.97 Å². The molecule has 0 saturated carbocycles. The molecule has 3 heterocycles. The summed E-state index contributed by atoms with van der Waals surface area (Å²) in [6.45, 7) is 2.31. The van der Waals surface area contributed by atoms with Gasteiger partial charge in [-0.2, -0.15) is 0 Å². The van der Waals surface area contributed by atoms with Gasteiger partial charge >= 0.3 is 5.97 Å². The predicted molar refractivity (Wildman–Crippen MR) is 68.5 cm³/mol. The summed E-state index contributed by atoms with van der Waals surface area (Å²) in [5.41, 5.74) is 1.47. The van der Waals surface area contributed by atoms with Crippen molar-refractivity contribution >= 4 is 22.3 Å². The summed E-state index contributed by atoms with van der Waals surface area (Å²) in [6.07, 6.45) is 4.41. The first kappa shape index (κ1) is 11.8. The molecule has 0 aliphatic carbocycles. The second-order valence-electron chi connectivity index (χ2n) is 4.03. The average molecular weight is 277 g/mol. The van der Waals surface area contributed by atoms with Gasteiger partial charge in [-0.3, -0.25) is 4.40 Å². The largest absolute Gasteiger partial charge is 0.476 e. The fourth-order valence-corrected chi connectivity index (χ4v) is 2.70. The maximum Gasteiger partial charge on any atom is 0.358 e. The number of aromatic nitrogens is 5. The second kappa shape index (κ2) is 4.47. The first-order chi connectivity index (χ1) is 9.19. The van der Waals surface area contributed by atoms with Gasteiger partial charge in [-0.1, -0.05) is 12.1 Å². The normalized spacial score (nSPS) is 11.2. The zero-order valence-electron chi connectivity index (χ0n) is 10.1. The van der Waals surface area contributed by atoms with Crippen LogP contribution >= 0.6 is 11.3 Å². The molecule has 3 aromatic heterocycles. The Morgan fingerprint density at radius 1 is 1.53 bits per heavy atom. The van der Waals surface area contributed by atoms with Gasteiger partial charge in [0.15, 0.2) is 10.7 Å². The first-order valence-electron chi connectivity index (χ1n) is 5.75. The molecule has 0 fully saturated rings. The van der Waals surface area contributed by atoms with Gasteiger partial charge in [-0.05, 0) is 6.42 Å². The van der Waals surface area contributed by atoms with Crippen LogP contribution in [0.15, 0.2) is 17.8 Å². The molecule has 19 heavy (non-hydrogen) atoms. The molecule has 0 bridgehead atoms. The standard InChI is InChI=1S/C11H11N5O2S/c1-2-8-9(10(17)18)13-14-16(8)6-7-5-15-3-4-19-11(15)12-7/h3-5H,2,6H2,1H3,(H,17,18). The Labute approximate surface area is 112 Å². The molecule has 98 valence electrons. The fraction of sp³-hybridized carbons (Fsp3) is 0.273. The molecule has 0 radical (unpaired) electrons. The molecule has 7 nitrogen and oxygen atoms in total. The lowest BCUT2D eigenvalue weighted by molar-refractivity contribution is 0.0689. The number of thiazole rings is 1. The monoisotopic (exact) mass is 277 g/mol. The molecule has 0 amide bonds. The van der Waals surface area contributed by atoms with Gasteiger partial charge in [0.2, 0.25) is 0 Å². The summed E-state index contributed by atoms with van der Waals surface area (Å²) in [6, 6.07) is 0. The van der Waals surface area contributed by atoms with E-state index in [1.165, 1.54) is 0 Å². The summed E-state index contributed by atoms with van der Waals surface area (Å²) in [4.78, 5) is 16.4. The van der Waals surface area contributed by atoms with Gasteiger partial charge in [-0.25, -0.2) is 14.5 Å². The lowest BCUT2D eigenvalue weighted by Gasteiger charge is -2.02. The summed E-state index contributed by atoms with van der Waals surface area (Å²) in [7, 11) is 0. The van der Waals surface area contributed by atoms with E-state index in [2.05, 4.69) is 15.3 Å². The van der Waals surface area contributed by atoms with Crippen LogP contribution in [-0.4, -0.2) is 35.5 Å². The Balaban J connectivity index is 1.94. The van der Waals surface area contributed by atoms with Crippen molar-refractivity contribution in [2.45, 2.75) is 19.9 Å². The number of carboxylic acid groups (broad SMARTS) is 1. The molecule has 0 unspecified atom stereocenters. The number of carbonyl (C=O) groups is 1. The van der Waals surface area contributed by atoms with Gasteiger partial charge in [0.05, 0.1) is 17.9 Å². The third kappa shape index (κ3) is 1.99. The predicted octanol–water partition coefficient (Wildman–Crippen LogP) is 1.30. The van der Waals surface area contributed by atoms with E-state index in [1.54, 1.807) is 16.0 Å². The van der Waals surface area contributed by atoms with Crippen molar-refractivity contribution in [2.75, 3.05) is 0 Å². The molecule has 0 aliphatic heterocycles. The van der Waals surface area contributed by atoms with Crippen molar-refractivity contribution in [1.82, 2.24) is 24.4 Å². The Morgan fingerprint density at radius 2 is 2.37 bits per heavy atom. The molecule has 0 aromatic carbocycles. The van der Waals surface area contributed by atoms with Crippen LogP contribution in [0, 0.1) is 0 Å². The van der Waals surface area contributed by atoms with E-state index in [9.17, 15) is 4.79 Å². The van der Waals surface area contributed by atoms with Crippen LogP contribution < -0.4 is 0 Å². The highest BCUT2D eigenvalue weighted by Gasteiger charge is 2.18. The zero-order chi connectivity index (χ0) is 13.4. The Morgan fingerprint density at radius 3 is 3.05 bits per heavy atom. The number of rotatable bonds is 4. The second-order valence-corrected chi connectivity index (χ2v) is 4.90. The minimum Gasteiger partial charge on any atom is -0.476 e. The summed E-state index contributed by atoms with van der Waals surface area (Å²) in [5.74, 6) is -1.05. The molecule has 3 rings (SSSR count). The Bertz CT molecular complexity index is 713. The minimum atomic E-state index is -1.05. The molecule has 0 aliphatic rings. The van der Waals surface area contributed by atoms with Crippen molar-refractivity contribution in [3.05, 3.63) is 34.9 Å². The van der Waals surface area contributed by atoms with Crippen LogP contribution in [-0.2, 0) is 13.0 Å². The number of hydrogen-bond acceptors (Lipinski definition) is 5. The Hall–Kier alpha value is -2.22. The van der Waals surface area contributed by atoms with E-state index in [-0.39, 0.29) is 5.69 Å². The van der Waals surface area contributed by atoms with Crippen LogP contribution in [0.1, 0.15) is 28.8 Å². The molecular formula is C11H11N5O2S. The topological polar surface area (TPSA) is 85.3 Å². The van der Waals surface area contributed by atoms with Gasteiger partial charge in [0.25, 0.3) is 0 Å². The molecular weight excluding hydrogens is 266 g/mol. The maximum atomic E-state index is 11.0. The van der Waals surface area contributed by atoms with Crippen molar-refractivity contribution in [1.29, 1.82) is 0 Å². The highest BCUT2D eigenvalue weighted by atomic mass is 32.1. The van der Waals surface area contributed by atoms with Crippen molar-refractivity contribution < 1.29 is 9.90 Å². The molecule has 0 saturated heterocycles. The van der Waals surface area contributed by atoms with E-state index in [1.807, 2.05) is 29.1 Å². The third-order valence-electron chi connectivity index (χ3n) is 2.83. The van der Waals surface area contributed by atoms with Crippen LogP contribution in [0.3, 0.4) is 0 Å². The van der Waals surface area contributed by atoms with Crippen LogP contribution in [0.2, 0.25) is 0 Å². The van der Waals surface area contributed by atoms with E-state index in [0.717, 1.165) is 10.7 Å². The van der Waals surface area contributed by atoms with E-state index in [4.69, 9.17) is 5.11 Å². The van der Waals surface area contributed by atoms with Crippen molar-refractivity contribution in [3.63, 3.8) is 0 Å². The average Bonchev–Trinajstić information content (AvgIpc) is 3.02. The lowest BCUT2D eigenvalue weighted by Crippen LogP contribution is -2.08. The maximum absolute atomic E-state index is 11.0. The molecule has 0 atom stereocenters. The van der Waals surface area contributed by atoms with Gasteiger partial charge < -0.3 is 5.11 Å². The van der Waals surface area contributed by atoms with Gasteiger partial charge in [0.1, 0.15) is 0 Å². The van der Waals surface area contributed by atoms with E-state index >= 15 is 0 Å². The SMILES string of the molecule is CCc1c(C(=O)O)nnn1Cc1cn2ccsc2n1. The molecule has 1 N–H and O–H groups in total. The number of aromatic carboxylic acids is 1. The number of carboxylic acids is 1. The summed E-state index contributed by atoms with van der Waals surface area (Å²) in [5, 5.41) is 18.6. The van der Waals surface area contributed by atoms with Crippen molar-refractivity contribution in [2.24, 2.45) is 0 Å². The number of nitrogens with zero attached hydrogens (tertiary/aromatic N) is 5. The smallest absolute Gasteiger partial charge is 0.358 e. The van der Waals surface area contributed by atoms with Gasteiger partial charge in [-0.15, -0.1) is 16.4 Å². The molecule has 8 heteroatoms.